The first-order valence-corrected chi connectivity index (χ1v) is 18.9. The maximum absolute atomic E-state index is 13.7. The molecule has 0 bridgehead atoms. The third-order valence-corrected chi connectivity index (χ3v) is 10.9. The second kappa shape index (κ2) is 18.4. The Hall–Kier alpha value is -2.78. The van der Waals surface area contributed by atoms with Crippen LogP contribution in [0.15, 0.2) is 78.0 Å². The Morgan fingerprint density at radius 1 is 0.889 bits per heavy atom. The molecule has 1 aliphatic rings. The number of nitrogens with zero attached hydrogens (tertiary/aromatic N) is 1. The van der Waals surface area contributed by atoms with E-state index in [0.29, 0.717) is 30.0 Å². The number of carbonyl (C=O) groups is 1. The third kappa shape index (κ3) is 10.1. The lowest BCUT2D eigenvalue weighted by molar-refractivity contribution is -0.114. The largest absolute Gasteiger partial charge is 0.294 e. The highest BCUT2D eigenvalue weighted by atomic mass is 32.1. The SMILES string of the molecule is CC/C=C1/C=C(c2ccc(-c3cncs3)cc2)C(=O)CC(CC)C1CCC(C)CCc1ccc(C(CCCC)CCCC)cc1. The van der Waals surface area contributed by atoms with E-state index in [-0.39, 0.29) is 0 Å². The molecule has 0 radical (unpaired) electrons. The van der Waals surface area contributed by atoms with Crippen molar-refractivity contribution in [2.24, 2.45) is 17.8 Å². The quantitative estimate of drug-likeness (QED) is 0.150. The molecule has 2 nitrogen and oxygen atoms in total. The monoisotopic (exact) mass is 623 g/mol. The van der Waals surface area contributed by atoms with Gasteiger partial charge >= 0.3 is 0 Å². The Balaban J connectivity index is 1.39. The number of hydrogen-bond donors (Lipinski definition) is 0. The van der Waals surface area contributed by atoms with E-state index in [1.165, 1.54) is 62.5 Å². The van der Waals surface area contributed by atoms with E-state index in [2.05, 4.69) is 100 Å². The molecule has 1 heterocycles. The van der Waals surface area contributed by atoms with Gasteiger partial charge in [-0.1, -0.05) is 128 Å². The number of benzene rings is 2. The molecule has 242 valence electrons. The Bertz CT molecular complexity index is 1340. The van der Waals surface area contributed by atoms with Gasteiger partial charge in [0.1, 0.15) is 0 Å². The number of rotatable bonds is 17. The van der Waals surface area contributed by atoms with Crippen LogP contribution in [0.5, 0.6) is 0 Å². The summed E-state index contributed by atoms with van der Waals surface area (Å²) >= 11 is 1.65. The Morgan fingerprint density at radius 2 is 1.58 bits per heavy atom. The summed E-state index contributed by atoms with van der Waals surface area (Å²) in [5.74, 6) is 2.51. The van der Waals surface area contributed by atoms with Crippen LogP contribution in [0.1, 0.15) is 134 Å². The third-order valence-electron chi connectivity index (χ3n) is 10.1. The van der Waals surface area contributed by atoms with Crippen molar-refractivity contribution >= 4 is 22.7 Å². The van der Waals surface area contributed by atoms with Crippen molar-refractivity contribution in [3.05, 3.63) is 94.7 Å². The van der Waals surface area contributed by atoms with Gasteiger partial charge in [0.15, 0.2) is 5.78 Å². The minimum atomic E-state index is 0.292. The van der Waals surface area contributed by atoms with E-state index in [9.17, 15) is 4.79 Å². The molecule has 0 amide bonds. The van der Waals surface area contributed by atoms with E-state index in [1.807, 2.05) is 11.7 Å². The van der Waals surface area contributed by atoms with Crippen LogP contribution in [0, 0.1) is 17.8 Å². The van der Waals surface area contributed by atoms with Crippen molar-refractivity contribution < 1.29 is 4.79 Å². The molecule has 1 aromatic heterocycles. The van der Waals surface area contributed by atoms with Crippen molar-refractivity contribution in [2.45, 2.75) is 124 Å². The Labute approximate surface area is 278 Å². The normalized spacial score (nSPS) is 18.8. The van der Waals surface area contributed by atoms with Crippen LogP contribution in [0.2, 0.25) is 0 Å². The molecule has 2 aromatic carbocycles. The van der Waals surface area contributed by atoms with Crippen LogP contribution in [-0.4, -0.2) is 10.8 Å². The number of aryl methyl sites for hydroxylation is 1. The summed E-state index contributed by atoms with van der Waals surface area (Å²) < 4.78 is 0. The Kier molecular flexibility index (Phi) is 14.3. The summed E-state index contributed by atoms with van der Waals surface area (Å²) in [7, 11) is 0. The van der Waals surface area contributed by atoms with Gasteiger partial charge in [-0.2, -0.15) is 0 Å². The summed E-state index contributed by atoms with van der Waals surface area (Å²) in [6.45, 7) is 11.5. The van der Waals surface area contributed by atoms with Crippen LogP contribution in [0.4, 0.5) is 0 Å². The van der Waals surface area contributed by atoms with Gasteiger partial charge in [0.2, 0.25) is 0 Å². The maximum atomic E-state index is 13.7. The van der Waals surface area contributed by atoms with Crippen molar-refractivity contribution in [3.63, 3.8) is 0 Å². The summed E-state index contributed by atoms with van der Waals surface area (Å²) in [5.41, 5.74) is 9.33. The molecule has 0 N–H and O–H groups in total. The first-order chi connectivity index (χ1) is 22.0. The van der Waals surface area contributed by atoms with Gasteiger partial charge in [-0.3, -0.25) is 9.78 Å². The molecular weight excluding hydrogens is 567 g/mol. The lowest BCUT2D eigenvalue weighted by Crippen LogP contribution is -2.18. The van der Waals surface area contributed by atoms with Gasteiger partial charge in [-0.25, -0.2) is 0 Å². The van der Waals surface area contributed by atoms with E-state index >= 15 is 0 Å². The predicted molar refractivity (Wildman–Crippen MR) is 196 cm³/mol. The molecule has 3 unspecified atom stereocenters. The second-order valence-corrected chi connectivity index (χ2v) is 14.3. The molecule has 0 saturated heterocycles. The lowest BCUT2D eigenvalue weighted by Gasteiger charge is -2.27. The smallest absolute Gasteiger partial charge is 0.163 e. The van der Waals surface area contributed by atoms with Crippen molar-refractivity contribution in [2.75, 3.05) is 0 Å². The van der Waals surface area contributed by atoms with Gasteiger partial charge in [-0.15, -0.1) is 11.3 Å². The molecule has 3 atom stereocenters. The van der Waals surface area contributed by atoms with Crippen LogP contribution in [0.3, 0.4) is 0 Å². The Morgan fingerprint density at radius 3 is 2.18 bits per heavy atom. The fraction of sp³-hybridized carbons (Fsp3) is 0.524. The van der Waals surface area contributed by atoms with Gasteiger partial charge < -0.3 is 0 Å². The lowest BCUT2D eigenvalue weighted by atomic mass is 9.78. The topological polar surface area (TPSA) is 30.0 Å². The van der Waals surface area contributed by atoms with E-state index in [1.54, 1.807) is 16.9 Å². The number of Topliss-reactive ketones (excluding diaryl/α,β-unsaturated/α-hetero) is 1. The maximum Gasteiger partial charge on any atom is 0.163 e. The average Bonchev–Trinajstić information content (AvgIpc) is 3.57. The number of thiazole rings is 1. The molecule has 4 rings (SSSR count). The number of hydrogen-bond acceptors (Lipinski definition) is 3. The zero-order chi connectivity index (χ0) is 32.0. The van der Waals surface area contributed by atoms with Crippen LogP contribution >= 0.6 is 11.3 Å². The summed E-state index contributed by atoms with van der Waals surface area (Å²) in [6.07, 6.45) is 21.8. The molecule has 0 aliphatic heterocycles. The van der Waals surface area contributed by atoms with Crippen LogP contribution in [0.25, 0.3) is 16.0 Å². The summed E-state index contributed by atoms with van der Waals surface area (Å²) in [4.78, 5) is 19.0. The van der Waals surface area contributed by atoms with Gasteiger partial charge in [-0.05, 0) is 96.1 Å². The van der Waals surface area contributed by atoms with Crippen molar-refractivity contribution in [1.29, 1.82) is 0 Å². The second-order valence-electron chi connectivity index (χ2n) is 13.5. The molecule has 0 fully saturated rings. The fourth-order valence-electron chi connectivity index (χ4n) is 7.17. The molecule has 0 saturated carbocycles. The minimum Gasteiger partial charge on any atom is -0.294 e. The number of unbranched alkanes of at least 4 members (excludes halogenated alkanes) is 2. The highest BCUT2D eigenvalue weighted by molar-refractivity contribution is 7.13. The number of ketones is 1. The number of aromatic nitrogens is 1. The number of allylic oxidation sites excluding steroid dienone is 4. The predicted octanol–water partition coefficient (Wildman–Crippen LogP) is 12.7. The highest BCUT2D eigenvalue weighted by Gasteiger charge is 2.30. The van der Waals surface area contributed by atoms with Gasteiger partial charge in [0.25, 0.3) is 0 Å². The molecule has 1 aliphatic carbocycles. The standard InChI is InChI=1S/C42H57NOS/c1-6-10-13-34(14-11-7-2)35-20-18-32(19-21-35)17-15-31(5)16-26-39-33(9-4)28-41(44)40(27-38(39)12-8-3)36-22-24-37(25-23-36)42-29-43-30-45-42/h12,18-25,27,29-31,33-34,39H,6-11,13-17,26,28H2,1-5H3/b38-12-. The first-order valence-electron chi connectivity index (χ1n) is 18.0. The summed E-state index contributed by atoms with van der Waals surface area (Å²) in [5, 5.41) is 0. The van der Waals surface area contributed by atoms with Crippen molar-refractivity contribution in [3.8, 4) is 10.4 Å². The zero-order valence-corrected chi connectivity index (χ0v) is 29.5. The van der Waals surface area contributed by atoms with E-state index in [4.69, 9.17) is 0 Å². The van der Waals surface area contributed by atoms with Crippen LogP contribution < -0.4 is 0 Å². The van der Waals surface area contributed by atoms with E-state index in [0.717, 1.165) is 53.2 Å². The van der Waals surface area contributed by atoms with E-state index < -0.39 is 0 Å². The fourth-order valence-corrected chi connectivity index (χ4v) is 7.80. The molecule has 45 heavy (non-hydrogen) atoms. The first kappa shape index (κ1) is 35.1. The molecule has 3 heteroatoms. The van der Waals surface area contributed by atoms with Gasteiger partial charge in [0.05, 0.1) is 10.4 Å². The molecule has 0 spiro atoms. The van der Waals surface area contributed by atoms with Crippen LogP contribution in [-0.2, 0) is 11.2 Å². The van der Waals surface area contributed by atoms with Crippen molar-refractivity contribution in [1.82, 2.24) is 4.98 Å². The highest BCUT2D eigenvalue weighted by Crippen LogP contribution is 2.40. The molecule has 3 aromatic rings. The average molecular weight is 624 g/mol. The molecular formula is C42H57NOS. The van der Waals surface area contributed by atoms with Gasteiger partial charge in [0, 0.05) is 18.2 Å². The zero-order valence-electron chi connectivity index (χ0n) is 28.7. The minimum absolute atomic E-state index is 0.292. The number of carbonyl (C=O) groups excluding carboxylic acids is 1. The summed E-state index contributed by atoms with van der Waals surface area (Å²) in [6, 6.07) is 18.1.